The Morgan fingerprint density at radius 1 is 1.24 bits per heavy atom. The number of aromatic nitrogens is 1. The average molecular weight is 296 g/mol. The number of nitrogens with zero attached hydrogens (tertiary/aromatic N) is 1. The molecule has 0 amide bonds. The number of rotatable bonds is 3. The molecule has 0 saturated heterocycles. The van der Waals surface area contributed by atoms with Crippen LogP contribution in [0.3, 0.4) is 0 Å². The first-order chi connectivity index (χ1) is 8.08. The Morgan fingerprint density at radius 2 is 2.00 bits per heavy atom. The largest absolute Gasteiger partial charge is 0.481 e. The van der Waals surface area contributed by atoms with Gasteiger partial charge >= 0.3 is 5.97 Å². The first kappa shape index (κ1) is 11.9. The first-order valence-corrected chi connectivity index (χ1v) is 5.89. The molecular weight excluding hydrogens is 286 g/mol. The molecule has 0 saturated carbocycles. The van der Waals surface area contributed by atoms with E-state index in [9.17, 15) is 9.59 Å². The summed E-state index contributed by atoms with van der Waals surface area (Å²) in [7, 11) is 0. The van der Waals surface area contributed by atoms with E-state index in [1.165, 1.54) is 4.57 Å². The Bertz CT molecular complexity index is 588. The second-order valence-electron chi connectivity index (χ2n) is 3.68. The van der Waals surface area contributed by atoms with Gasteiger partial charge in [0.2, 0.25) is 5.91 Å². The van der Waals surface area contributed by atoms with Crippen LogP contribution in [-0.4, -0.2) is 21.6 Å². The lowest BCUT2D eigenvalue weighted by Crippen LogP contribution is -2.11. The van der Waals surface area contributed by atoms with Crippen molar-refractivity contribution in [1.82, 2.24) is 4.57 Å². The van der Waals surface area contributed by atoms with E-state index in [0.717, 1.165) is 15.4 Å². The summed E-state index contributed by atoms with van der Waals surface area (Å²) in [6.45, 7) is 0. The number of carbonyl (C=O) groups excluding carboxylic acids is 1. The fraction of sp³-hybridized carbons (Fsp3) is 0.167. The lowest BCUT2D eigenvalue weighted by Gasteiger charge is -2.02. The molecule has 5 heteroatoms. The van der Waals surface area contributed by atoms with Crippen LogP contribution in [0.25, 0.3) is 10.9 Å². The second kappa shape index (κ2) is 4.71. The van der Waals surface area contributed by atoms with Crippen molar-refractivity contribution in [3.05, 3.63) is 34.9 Å². The lowest BCUT2D eigenvalue weighted by molar-refractivity contribution is -0.136. The van der Waals surface area contributed by atoms with Gasteiger partial charge in [-0.05, 0) is 24.3 Å². The van der Waals surface area contributed by atoms with Gasteiger partial charge in [-0.2, -0.15) is 0 Å². The van der Waals surface area contributed by atoms with Gasteiger partial charge in [0.05, 0.1) is 11.9 Å². The monoisotopic (exact) mass is 295 g/mol. The number of benzene rings is 1. The van der Waals surface area contributed by atoms with Gasteiger partial charge in [0.15, 0.2) is 0 Å². The molecule has 0 bridgehead atoms. The average Bonchev–Trinajstić information content (AvgIpc) is 2.68. The Kier molecular flexibility index (Phi) is 3.28. The van der Waals surface area contributed by atoms with Crippen molar-refractivity contribution in [1.29, 1.82) is 0 Å². The highest BCUT2D eigenvalue weighted by atomic mass is 79.9. The van der Waals surface area contributed by atoms with E-state index in [2.05, 4.69) is 15.9 Å². The molecule has 0 radical (unpaired) electrons. The molecule has 1 aromatic carbocycles. The zero-order valence-electron chi connectivity index (χ0n) is 8.89. The molecule has 0 fully saturated rings. The fourth-order valence-electron chi connectivity index (χ4n) is 1.67. The van der Waals surface area contributed by atoms with Crippen molar-refractivity contribution in [2.45, 2.75) is 12.8 Å². The van der Waals surface area contributed by atoms with Gasteiger partial charge in [0.25, 0.3) is 0 Å². The fourth-order valence-corrected chi connectivity index (χ4v) is 2.04. The number of halogens is 1. The third-order valence-corrected chi connectivity index (χ3v) is 2.97. The van der Waals surface area contributed by atoms with Crippen LogP contribution in [0.15, 0.2) is 34.9 Å². The van der Waals surface area contributed by atoms with E-state index in [1.807, 2.05) is 24.3 Å². The van der Waals surface area contributed by atoms with Crippen molar-refractivity contribution in [3.8, 4) is 0 Å². The van der Waals surface area contributed by atoms with Gasteiger partial charge in [0, 0.05) is 22.5 Å². The molecule has 0 spiro atoms. The Labute approximate surface area is 106 Å². The minimum Gasteiger partial charge on any atom is -0.481 e. The number of carboxylic acids is 1. The summed E-state index contributed by atoms with van der Waals surface area (Å²) in [6.07, 6.45) is 1.53. The number of hydrogen-bond donors (Lipinski definition) is 1. The molecule has 2 aromatic rings. The highest BCUT2D eigenvalue weighted by molar-refractivity contribution is 9.10. The van der Waals surface area contributed by atoms with Crippen LogP contribution in [0, 0.1) is 0 Å². The lowest BCUT2D eigenvalue weighted by atomic mass is 10.2. The normalized spacial score (nSPS) is 10.6. The molecule has 0 atom stereocenters. The molecule has 0 unspecified atom stereocenters. The molecule has 1 heterocycles. The minimum atomic E-state index is -0.961. The Morgan fingerprint density at radius 3 is 2.71 bits per heavy atom. The van der Waals surface area contributed by atoms with E-state index in [-0.39, 0.29) is 18.7 Å². The topological polar surface area (TPSA) is 59.3 Å². The van der Waals surface area contributed by atoms with Crippen LogP contribution in [0.1, 0.15) is 17.6 Å². The number of fused-ring (bicyclic) bond motifs is 1. The molecule has 0 aliphatic rings. The Hall–Kier alpha value is -1.62. The van der Waals surface area contributed by atoms with E-state index in [4.69, 9.17) is 5.11 Å². The summed E-state index contributed by atoms with van der Waals surface area (Å²) in [6, 6.07) is 7.43. The molecule has 1 N–H and O–H groups in total. The van der Waals surface area contributed by atoms with E-state index in [1.54, 1.807) is 6.20 Å². The Balaban J connectivity index is 2.29. The highest BCUT2D eigenvalue weighted by Crippen LogP contribution is 2.21. The van der Waals surface area contributed by atoms with Crippen molar-refractivity contribution in [2.24, 2.45) is 0 Å². The predicted molar refractivity (Wildman–Crippen MR) is 67.1 cm³/mol. The molecule has 1 aromatic heterocycles. The highest BCUT2D eigenvalue weighted by Gasteiger charge is 2.10. The summed E-state index contributed by atoms with van der Waals surface area (Å²) < 4.78 is 2.44. The SMILES string of the molecule is O=C(O)CCC(=O)n1ccc2cc(Br)ccc21. The molecule has 0 aliphatic carbocycles. The smallest absolute Gasteiger partial charge is 0.303 e. The third-order valence-electron chi connectivity index (χ3n) is 2.47. The van der Waals surface area contributed by atoms with Gasteiger partial charge in [0.1, 0.15) is 0 Å². The summed E-state index contributed by atoms with van der Waals surface area (Å²) in [4.78, 5) is 22.2. The van der Waals surface area contributed by atoms with Crippen LogP contribution >= 0.6 is 15.9 Å². The maximum Gasteiger partial charge on any atom is 0.303 e. The zero-order chi connectivity index (χ0) is 12.4. The molecule has 0 aliphatic heterocycles. The van der Waals surface area contributed by atoms with Crippen LogP contribution in [0.5, 0.6) is 0 Å². The number of hydrogen-bond acceptors (Lipinski definition) is 2. The van der Waals surface area contributed by atoms with Crippen LogP contribution < -0.4 is 0 Å². The van der Waals surface area contributed by atoms with Gasteiger partial charge in [-0.25, -0.2) is 0 Å². The van der Waals surface area contributed by atoms with Crippen molar-refractivity contribution < 1.29 is 14.7 Å². The minimum absolute atomic E-state index is 0.00910. The van der Waals surface area contributed by atoms with E-state index >= 15 is 0 Å². The van der Waals surface area contributed by atoms with Gasteiger partial charge < -0.3 is 5.11 Å². The zero-order valence-corrected chi connectivity index (χ0v) is 10.5. The summed E-state index contributed by atoms with van der Waals surface area (Å²) >= 11 is 3.36. The molecule has 4 nitrogen and oxygen atoms in total. The van der Waals surface area contributed by atoms with Crippen molar-refractivity contribution in [3.63, 3.8) is 0 Å². The summed E-state index contributed by atoms with van der Waals surface area (Å²) in [5, 5.41) is 9.49. The standard InChI is InChI=1S/C12H10BrNO3/c13-9-1-2-10-8(7-9)5-6-14(10)11(15)3-4-12(16)17/h1-2,5-7H,3-4H2,(H,16,17). The van der Waals surface area contributed by atoms with Crippen LogP contribution in [0.4, 0.5) is 0 Å². The molecule has 17 heavy (non-hydrogen) atoms. The maximum absolute atomic E-state index is 11.8. The van der Waals surface area contributed by atoms with Gasteiger partial charge in [-0.1, -0.05) is 15.9 Å². The number of carboxylic acid groups (broad SMARTS) is 1. The first-order valence-electron chi connectivity index (χ1n) is 5.09. The summed E-state index contributed by atoms with van der Waals surface area (Å²) in [5.41, 5.74) is 0.795. The maximum atomic E-state index is 11.8. The predicted octanol–water partition coefficient (Wildman–Crippen LogP) is 2.91. The van der Waals surface area contributed by atoms with E-state index in [0.29, 0.717) is 0 Å². The van der Waals surface area contributed by atoms with Crippen LogP contribution in [-0.2, 0) is 4.79 Å². The third kappa shape index (κ3) is 2.55. The van der Waals surface area contributed by atoms with Gasteiger partial charge in [-0.15, -0.1) is 0 Å². The number of aliphatic carboxylic acids is 1. The molecule has 88 valence electrons. The molecule has 2 rings (SSSR count). The quantitative estimate of drug-likeness (QED) is 0.947. The van der Waals surface area contributed by atoms with Gasteiger partial charge in [-0.3, -0.25) is 14.2 Å². The van der Waals surface area contributed by atoms with Crippen molar-refractivity contribution >= 4 is 38.7 Å². The summed E-state index contributed by atoms with van der Waals surface area (Å²) in [5.74, 6) is -1.16. The number of carbonyl (C=O) groups is 2. The van der Waals surface area contributed by atoms with Crippen molar-refractivity contribution in [2.75, 3.05) is 0 Å². The second-order valence-corrected chi connectivity index (χ2v) is 4.59. The van der Waals surface area contributed by atoms with E-state index < -0.39 is 5.97 Å². The molecular formula is C12H10BrNO3. The van der Waals surface area contributed by atoms with Crippen LogP contribution in [0.2, 0.25) is 0 Å².